The number of H-pyrrole nitrogens is 1. The van der Waals surface area contributed by atoms with Crippen molar-refractivity contribution in [3.05, 3.63) is 23.8 Å². The standard InChI is InChI=1S/C9H7N3/c1-2-6-4-3-5-7-8(6)9(10)12-11-7/h1,3-5H,(H3,10,11,12). The Morgan fingerprint density at radius 1 is 1.50 bits per heavy atom. The average molecular weight is 157 g/mol. The van der Waals surface area contributed by atoms with Crippen LogP contribution in [-0.2, 0) is 0 Å². The van der Waals surface area contributed by atoms with E-state index in [9.17, 15) is 0 Å². The second-order valence-electron chi connectivity index (χ2n) is 2.48. The Bertz CT molecular complexity index is 462. The number of aromatic nitrogens is 2. The highest BCUT2D eigenvalue weighted by atomic mass is 15.1. The van der Waals surface area contributed by atoms with Gasteiger partial charge in [-0.25, -0.2) is 0 Å². The van der Waals surface area contributed by atoms with E-state index in [2.05, 4.69) is 16.1 Å². The van der Waals surface area contributed by atoms with Gasteiger partial charge in [0.05, 0.1) is 10.9 Å². The molecule has 1 aromatic carbocycles. The molecule has 0 saturated carbocycles. The third-order valence-corrected chi connectivity index (χ3v) is 1.77. The van der Waals surface area contributed by atoms with Crippen molar-refractivity contribution in [2.24, 2.45) is 0 Å². The summed E-state index contributed by atoms with van der Waals surface area (Å²) in [4.78, 5) is 0. The van der Waals surface area contributed by atoms with Crippen LogP contribution in [0.2, 0.25) is 0 Å². The molecule has 0 aliphatic heterocycles. The fraction of sp³-hybridized carbons (Fsp3) is 0. The first-order chi connectivity index (χ1) is 5.83. The van der Waals surface area contributed by atoms with Crippen LogP contribution in [-0.4, -0.2) is 10.2 Å². The first-order valence-corrected chi connectivity index (χ1v) is 3.52. The number of nitrogens with one attached hydrogen (secondary N) is 1. The number of rotatable bonds is 0. The van der Waals surface area contributed by atoms with Crippen LogP contribution in [0, 0.1) is 12.3 Å². The number of benzene rings is 1. The number of nitrogen functional groups attached to an aromatic ring is 1. The van der Waals surface area contributed by atoms with Crippen LogP contribution >= 0.6 is 0 Å². The van der Waals surface area contributed by atoms with Gasteiger partial charge in [0.2, 0.25) is 0 Å². The summed E-state index contributed by atoms with van der Waals surface area (Å²) in [7, 11) is 0. The third-order valence-electron chi connectivity index (χ3n) is 1.77. The molecule has 3 N–H and O–H groups in total. The van der Waals surface area contributed by atoms with Crippen molar-refractivity contribution in [2.45, 2.75) is 0 Å². The normalized spacial score (nSPS) is 9.92. The zero-order valence-electron chi connectivity index (χ0n) is 6.33. The molecule has 0 bridgehead atoms. The molecule has 58 valence electrons. The summed E-state index contributed by atoms with van der Waals surface area (Å²) in [6.07, 6.45) is 5.30. The average Bonchev–Trinajstić information content (AvgIpc) is 2.48. The monoisotopic (exact) mass is 157 g/mol. The molecule has 1 aromatic heterocycles. The fourth-order valence-corrected chi connectivity index (χ4v) is 1.22. The van der Waals surface area contributed by atoms with Crippen LogP contribution in [0.15, 0.2) is 18.2 Å². The molecular formula is C9H7N3. The number of terminal acetylenes is 1. The molecule has 1 heterocycles. The van der Waals surface area contributed by atoms with Gasteiger partial charge in [-0.3, -0.25) is 5.10 Å². The van der Waals surface area contributed by atoms with Crippen LogP contribution in [0.4, 0.5) is 5.82 Å². The predicted molar refractivity (Wildman–Crippen MR) is 48.4 cm³/mol. The Morgan fingerprint density at radius 3 is 3.08 bits per heavy atom. The van der Waals surface area contributed by atoms with Crippen LogP contribution in [0.25, 0.3) is 10.9 Å². The van der Waals surface area contributed by atoms with Gasteiger partial charge in [-0.2, -0.15) is 5.10 Å². The highest BCUT2D eigenvalue weighted by Crippen LogP contribution is 2.20. The molecule has 0 spiro atoms. The van der Waals surface area contributed by atoms with Gasteiger partial charge in [0.15, 0.2) is 5.82 Å². The largest absolute Gasteiger partial charge is 0.382 e. The van der Waals surface area contributed by atoms with Gasteiger partial charge in [-0.05, 0) is 12.1 Å². The number of nitrogens with zero attached hydrogens (tertiary/aromatic N) is 1. The third kappa shape index (κ3) is 0.753. The van der Waals surface area contributed by atoms with Crippen molar-refractivity contribution in [3.63, 3.8) is 0 Å². The lowest BCUT2D eigenvalue weighted by Crippen LogP contribution is -1.85. The van der Waals surface area contributed by atoms with E-state index in [0.717, 1.165) is 16.5 Å². The van der Waals surface area contributed by atoms with Gasteiger partial charge in [0.25, 0.3) is 0 Å². The van der Waals surface area contributed by atoms with E-state index in [1.54, 1.807) is 0 Å². The van der Waals surface area contributed by atoms with Crippen molar-refractivity contribution >= 4 is 16.7 Å². The summed E-state index contributed by atoms with van der Waals surface area (Å²) in [5.74, 6) is 3.01. The molecule has 0 amide bonds. The van der Waals surface area contributed by atoms with Crippen molar-refractivity contribution < 1.29 is 0 Å². The van der Waals surface area contributed by atoms with E-state index in [1.165, 1.54) is 0 Å². The van der Waals surface area contributed by atoms with E-state index in [-0.39, 0.29) is 0 Å². The minimum atomic E-state index is 0.457. The van der Waals surface area contributed by atoms with E-state index < -0.39 is 0 Å². The summed E-state index contributed by atoms with van der Waals surface area (Å²) < 4.78 is 0. The molecule has 3 nitrogen and oxygen atoms in total. The summed E-state index contributed by atoms with van der Waals surface area (Å²) in [6, 6.07) is 5.60. The Morgan fingerprint density at radius 2 is 2.33 bits per heavy atom. The molecule has 2 aromatic rings. The van der Waals surface area contributed by atoms with Crippen LogP contribution < -0.4 is 5.73 Å². The quantitative estimate of drug-likeness (QED) is 0.563. The van der Waals surface area contributed by atoms with E-state index >= 15 is 0 Å². The number of aromatic amines is 1. The predicted octanol–water partition coefficient (Wildman–Crippen LogP) is 1.13. The maximum absolute atomic E-state index is 5.61. The van der Waals surface area contributed by atoms with E-state index in [0.29, 0.717) is 5.82 Å². The number of anilines is 1. The van der Waals surface area contributed by atoms with Crippen molar-refractivity contribution in [1.82, 2.24) is 10.2 Å². The lowest BCUT2D eigenvalue weighted by atomic mass is 10.1. The maximum atomic E-state index is 5.61. The van der Waals surface area contributed by atoms with Gasteiger partial charge in [0.1, 0.15) is 0 Å². The van der Waals surface area contributed by atoms with Crippen molar-refractivity contribution in [2.75, 3.05) is 5.73 Å². The van der Waals surface area contributed by atoms with Gasteiger partial charge in [-0.1, -0.05) is 12.0 Å². The molecule has 0 radical (unpaired) electrons. The summed E-state index contributed by atoms with van der Waals surface area (Å²) in [6.45, 7) is 0. The van der Waals surface area contributed by atoms with E-state index in [1.807, 2.05) is 18.2 Å². The first kappa shape index (κ1) is 6.74. The minimum absolute atomic E-state index is 0.457. The molecule has 0 aliphatic carbocycles. The zero-order chi connectivity index (χ0) is 8.55. The summed E-state index contributed by atoms with van der Waals surface area (Å²) in [5, 5.41) is 7.49. The molecule has 0 atom stereocenters. The Hall–Kier alpha value is -1.95. The highest BCUT2D eigenvalue weighted by Gasteiger charge is 2.04. The molecule has 12 heavy (non-hydrogen) atoms. The Balaban J connectivity index is 2.96. The number of hydrogen-bond donors (Lipinski definition) is 2. The van der Waals surface area contributed by atoms with Crippen LogP contribution in [0.1, 0.15) is 5.56 Å². The van der Waals surface area contributed by atoms with Crippen LogP contribution in [0.3, 0.4) is 0 Å². The number of nitrogens with two attached hydrogens (primary N) is 1. The van der Waals surface area contributed by atoms with Gasteiger partial charge in [-0.15, -0.1) is 6.42 Å². The summed E-state index contributed by atoms with van der Waals surface area (Å²) >= 11 is 0. The molecule has 3 heteroatoms. The first-order valence-electron chi connectivity index (χ1n) is 3.52. The molecular weight excluding hydrogens is 150 g/mol. The minimum Gasteiger partial charge on any atom is -0.382 e. The molecule has 0 aliphatic rings. The van der Waals surface area contributed by atoms with E-state index in [4.69, 9.17) is 12.2 Å². The van der Waals surface area contributed by atoms with Gasteiger partial charge < -0.3 is 5.73 Å². The van der Waals surface area contributed by atoms with Crippen molar-refractivity contribution in [1.29, 1.82) is 0 Å². The second-order valence-corrected chi connectivity index (χ2v) is 2.48. The summed E-state index contributed by atoms with van der Waals surface area (Å²) in [5.41, 5.74) is 7.27. The molecule has 0 unspecified atom stereocenters. The van der Waals surface area contributed by atoms with Crippen molar-refractivity contribution in [3.8, 4) is 12.3 Å². The lowest BCUT2D eigenvalue weighted by Gasteiger charge is -1.92. The second kappa shape index (κ2) is 2.28. The number of hydrogen-bond acceptors (Lipinski definition) is 2. The Kier molecular flexibility index (Phi) is 1.28. The number of fused-ring (bicyclic) bond motifs is 1. The fourth-order valence-electron chi connectivity index (χ4n) is 1.22. The highest BCUT2D eigenvalue weighted by molar-refractivity contribution is 5.93. The maximum Gasteiger partial charge on any atom is 0.154 e. The van der Waals surface area contributed by atoms with Gasteiger partial charge in [0, 0.05) is 5.56 Å². The lowest BCUT2D eigenvalue weighted by molar-refractivity contribution is 1.13. The van der Waals surface area contributed by atoms with Crippen LogP contribution in [0.5, 0.6) is 0 Å². The zero-order valence-corrected chi connectivity index (χ0v) is 6.33. The molecule has 2 rings (SSSR count). The van der Waals surface area contributed by atoms with Gasteiger partial charge >= 0.3 is 0 Å². The smallest absolute Gasteiger partial charge is 0.154 e. The topological polar surface area (TPSA) is 54.7 Å². The molecule has 0 fully saturated rings. The molecule has 0 saturated heterocycles. The Labute approximate surface area is 69.6 Å². The SMILES string of the molecule is C#Cc1cccc2[nH]nc(N)c12.